The quantitative estimate of drug-likeness (QED) is 0.584. The first kappa shape index (κ1) is 23.3. The van der Waals surface area contributed by atoms with E-state index in [2.05, 4.69) is 25.4 Å². The van der Waals surface area contributed by atoms with Crippen LogP contribution in [0.25, 0.3) is 11.3 Å². The zero-order valence-electron chi connectivity index (χ0n) is 19.3. The molecule has 2 N–H and O–H groups in total. The van der Waals surface area contributed by atoms with Gasteiger partial charge >= 0.3 is 0 Å². The lowest BCUT2D eigenvalue weighted by atomic mass is 9.95. The smallest absolute Gasteiger partial charge is 0.286 e. The van der Waals surface area contributed by atoms with Crippen molar-refractivity contribution in [3.8, 4) is 11.3 Å². The van der Waals surface area contributed by atoms with Gasteiger partial charge in [0.2, 0.25) is 0 Å². The molecule has 182 valence electrons. The standard InChI is InChI=1S/C25H25F2N5O3/c1-14-3-4-16(29-24(34)15-5-6-28-22(9-15)25(2,26)27)10-18(14)19-12-20-23(31-30-19)21(33)11-17-13-35-8-7-32(17)20/h3-6,9-10,12,17,21,33H,7-8,11,13H2,1-2H3,(H,29,34)/t17-,21-/m1/s1. The first-order valence-electron chi connectivity index (χ1n) is 11.4. The summed E-state index contributed by atoms with van der Waals surface area (Å²) in [6.07, 6.45) is 1.03. The number of nitrogens with one attached hydrogen (secondary N) is 1. The number of carbonyl (C=O) groups excluding carboxylic acids is 1. The van der Waals surface area contributed by atoms with Crippen molar-refractivity contribution in [1.29, 1.82) is 0 Å². The number of amides is 1. The van der Waals surface area contributed by atoms with E-state index in [0.29, 0.717) is 43.3 Å². The van der Waals surface area contributed by atoms with E-state index in [-0.39, 0.29) is 11.6 Å². The number of aliphatic hydroxyl groups is 1. The van der Waals surface area contributed by atoms with Crippen molar-refractivity contribution in [2.75, 3.05) is 30.0 Å². The third-order valence-electron chi connectivity index (χ3n) is 6.39. The van der Waals surface area contributed by atoms with Gasteiger partial charge in [-0.15, -0.1) is 0 Å². The Kier molecular flexibility index (Phi) is 5.94. The fourth-order valence-corrected chi connectivity index (χ4v) is 4.52. The highest BCUT2D eigenvalue weighted by atomic mass is 19.3. The molecule has 2 aliphatic heterocycles. The number of hydrogen-bond donors (Lipinski definition) is 2. The largest absolute Gasteiger partial charge is 0.387 e. The third-order valence-corrected chi connectivity index (χ3v) is 6.39. The highest BCUT2D eigenvalue weighted by molar-refractivity contribution is 6.04. The van der Waals surface area contributed by atoms with Crippen molar-refractivity contribution in [2.24, 2.45) is 0 Å². The molecule has 0 aliphatic carbocycles. The van der Waals surface area contributed by atoms with Crippen molar-refractivity contribution < 1.29 is 23.4 Å². The molecule has 1 aromatic carbocycles. The summed E-state index contributed by atoms with van der Waals surface area (Å²) in [5.41, 5.74) is 3.77. The van der Waals surface area contributed by atoms with Crippen LogP contribution in [0.5, 0.6) is 0 Å². The SMILES string of the molecule is Cc1ccc(NC(=O)c2ccnc(C(C)(F)F)c2)cc1-c1cc2c(nn1)[C@H](O)C[C@@H]1COCCN21. The van der Waals surface area contributed by atoms with Gasteiger partial charge in [0.05, 0.1) is 30.6 Å². The topological polar surface area (TPSA) is 100 Å². The lowest BCUT2D eigenvalue weighted by molar-refractivity contribution is 0.0127. The molecular weight excluding hydrogens is 456 g/mol. The van der Waals surface area contributed by atoms with Crippen molar-refractivity contribution in [3.63, 3.8) is 0 Å². The number of carbonyl (C=O) groups is 1. The van der Waals surface area contributed by atoms with Crippen molar-refractivity contribution in [3.05, 3.63) is 65.1 Å². The van der Waals surface area contributed by atoms with E-state index in [4.69, 9.17) is 4.74 Å². The van der Waals surface area contributed by atoms with Gasteiger partial charge in [-0.25, -0.2) is 0 Å². The highest BCUT2D eigenvalue weighted by Gasteiger charge is 2.35. The molecule has 2 aliphatic rings. The molecule has 2 atom stereocenters. The predicted molar refractivity (Wildman–Crippen MR) is 125 cm³/mol. The summed E-state index contributed by atoms with van der Waals surface area (Å²) in [6.45, 7) is 4.52. The maximum absolute atomic E-state index is 13.6. The molecule has 8 nitrogen and oxygen atoms in total. The molecule has 1 saturated heterocycles. The molecule has 2 aromatic heterocycles. The summed E-state index contributed by atoms with van der Waals surface area (Å²) in [5, 5.41) is 22.0. The van der Waals surface area contributed by atoms with E-state index >= 15 is 0 Å². The summed E-state index contributed by atoms with van der Waals surface area (Å²) < 4.78 is 32.8. The third kappa shape index (κ3) is 4.59. The number of rotatable bonds is 4. The minimum atomic E-state index is -3.15. The molecule has 10 heteroatoms. The number of hydrogen-bond acceptors (Lipinski definition) is 7. The van der Waals surface area contributed by atoms with Gasteiger partial charge in [0, 0.05) is 42.9 Å². The first-order valence-corrected chi connectivity index (χ1v) is 11.4. The average molecular weight is 482 g/mol. The lowest BCUT2D eigenvalue weighted by Gasteiger charge is -2.42. The number of ether oxygens (including phenoxy) is 1. The second-order valence-corrected chi connectivity index (χ2v) is 8.98. The lowest BCUT2D eigenvalue weighted by Crippen LogP contribution is -2.49. The van der Waals surface area contributed by atoms with Crippen LogP contribution in [0.4, 0.5) is 20.2 Å². The predicted octanol–water partition coefficient (Wildman–Crippen LogP) is 3.85. The van der Waals surface area contributed by atoms with Crippen LogP contribution < -0.4 is 10.2 Å². The molecule has 35 heavy (non-hydrogen) atoms. The summed E-state index contributed by atoms with van der Waals surface area (Å²) in [4.78, 5) is 18.6. The molecule has 3 aromatic rings. The Hall–Kier alpha value is -3.50. The minimum Gasteiger partial charge on any atom is -0.387 e. The number of pyridine rings is 1. The molecule has 4 heterocycles. The van der Waals surface area contributed by atoms with Gasteiger partial charge in [0.25, 0.3) is 11.8 Å². The number of nitrogens with zero attached hydrogens (tertiary/aromatic N) is 4. The Morgan fingerprint density at radius 3 is 2.86 bits per heavy atom. The summed E-state index contributed by atoms with van der Waals surface area (Å²) in [6, 6.07) is 9.82. The van der Waals surface area contributed by atoms with E-state index in [0.717, 1.165) is 29.8 Å². The number of anilines is 2. The molecule has 0 spiro atoms. The van der Waals surface area contributed by atoms with Gasteiger partial charge < -0.3 is 20.1 Å². The van der Waals surface area contributed by atoms with E-state index in [1.54, 1.807) is 12.1 Å². The molecule has 0 bridgehead atoms. The van der Waals surface area contributed by atoms with Crippen molar-refractivity contribution >= 4 is 17.3 Å². The Bertz CT molecular complexity index is 1280. The van der Waals surface area contributed by atoms with Crippen molar-refractivity contribution in [2.45, 2.75) is 38.3 Å². The Morgan fingerprint density at radius 1 is 1.23 bits per heavy atom. The molecule has 0 radical (unpaired) electrons. The van der Waals surface area contributed by atoms with Gasteiger partial charge in [-0.2, -0.15) is 19.0 Å². The molecular formula is C25H25F2N5O3. The van der Waals surface area contributed by atoms with Crippen LogP contribution in [0.1, 0.15) is 46.8 Å². The van der Waals surface area contributed by atoms with Crippen LogP contribution in [-0.4, -0.2) is 52.0 Å². The van der Waals surface area contributed by atoms with Gasteiger partial charge in [-0.1, -0.05) is 6.07 Å². The maximum atomic E-state index is 13.6. The Balaban J connectivity index is 1.44. The Labute approximate surface area is 201 Å². The van der Waals surface area contributed by atoms with Crippen LogP contribution in [0.3, 0.4) is 0 Å². The van der Waals surface area contributed by atoms with Crippen LogP contribution in [0.15, 0.2) is 42.6 Å². The average Bonchev–Trinajstić information content (AvgIpc) is 2.84. The number of alkyl halides is 2. The molecule has 1 fully saturated rings. The fourth-order valence-electron chi connectivity index (χ4n) is 4.52. The summed E-state index contributed by atoms with van der Waals surface area (Å²) in [7, 11) is 0. The molecule has 0 unspecified atom stereocenters. The zero-order chi connectivity index (χ0) is 24.7. The molecule has 5 rings (SSSR count). The van der Waals surface area contributed by atoms with E-state index in [1.165, 1.54) is 12.3 Å². The van der Waals surface area contributed by atoms with Gasteiger partial charge in [-0.05, 0) is 42.8 Å². The normalized spacial score (nSPS) is 19.6. The Morgan fingerprint density at radius 2 is 2.06 bits per heavy atom. The zero-order valence-corrected chi connectivity index (χ0v) is 19.3. The van der Waals surface area contributed by atoms with Crippen LogP contribution in [0, 0.1) is 6.92 Å². The number of fused-ring (bicyclic) bond motifs is 3. The number of aliphatic hydroxyl groups excluding tert-OH is 1. The highest BCUT2D eigenvalue weighted by Crippen LogP contribution is 2.39. The van der Waals surface area contributed by atoms with E-state index in [1.807, 2.05) is 19.1 Å². The van der Waals surface area contributed by atoms with Gasteiger partial charge in [-0.3, -0.25) is 9.78 Å². The van der Waals surface area contributed by atoms with Crippen LogP contribution in [0.2, 0.25) is 0 Å². The number of morpholine rings is 1. The summed E-state index contributed by atoms with van der Waals surface area (Å²) in [5.74, 6) is -3.67. The van der Waals surface area contributed by atoms with Gasteiger partial charge in [0.15, 0.2) is 0 Å². The maximum Gasteiger partial charge on any atom is 0.286 e. The van der Waals surface area contributed by atoms with E-state index in [9.17, 15) is 18.7 Å². The second-order valence-electron chi connectivity index (χ2n) is 8.98. The monoisotopic (exact) mass is 481 g/mol. The van der Waals surface area contributed by atoms with Crippen LogP contribution in [-0.2, 0) is 10.7 Å². The minimum absolute atomic E-state index is 0.0794. The van der Waals surface area contributed by atoms with Gasteiger partial charge in [0.1, 0.15) is 17.5 Å². The number of aryl methyl sites for hydroxylation is 1. The molecule has 1 amide bonds. The van der Waals surface area contributed by atoms with E-state index < -0.39 is 23.6 Å². The van der Waals surface area contributed by atoms with Crippen molar-refractivity contribution in [1.82, 2.24) is 15.2 Å². The second kappa shape index (κ2) is 8.94. The van der Waals surface area contributed by atoms with Crippen LogP contribution >= 0.6 is 0 Å². The fraction of sp³-hybridized carbons (Fsp3) is 0.360. The number of halogens is 2. The number of aromatic nitrogens is 3. The first-order chi connectivity index (χ1) is 16.7. The summed E-state index contributed by atoms with van der Waals surface area (Å²) >= 11 is 0. The number of benzene rings is 1. The molecule has 0 saturated carbocycles.